The zero-order valence-corrected chi connectivity index (χ0v) is 17.7. The van der Waals surface area contributed by atoms with Gasteiger partial charge in [-0.1, -0.05) is 37.8 Å². The van der Waals surface area contributed by atoms with E-state index in [-0.39, 0.29) is 18.1 Å². The lowest BCUT2D eigenvalue weighted by molar-refractivity contribution is -0.115. The van der Waals surface area contributed by atoms with E-state index in [1.54, 1.807) is 25.4 Å². The minimum atomic E-state index is -0.121. The van der Waals surface area contributed by atoms with Crippen molar-refractivity contribution in [2.75, 3.05) is 12.4 Å². The lowest BCUT2D eigenvalue weighted by Crippen LogP contribution is -2.18. The van der Waals surface area contributed by atoms with Crippen molar-refractivity contribution in [3.8, 4) is 22.8 Å². The zero-order chi connectivity index (χ0) is 21.6. The molecule has 31 heavy (non-hydrogen) atoms. The molecule has 1 aromatic heterocycles. The van der Waals surface area contributed by atoms with E-state index in [9.17, 15) is 9.90 Å². The van der Waals surface area contributed by atoms with Gasteiger partial charge in [0.25, 0.3) is 0 Å². The zero-order valence-electron chi connectivity index (χ0n) is 17.7. The predicted molar refractivity (Wildman–Crippen MR) is 120 cm³/mol. The van der Waals surface area contributed by atoms with Gasteiger partial charge in [0, 0.05) is 5.56 Å². The number of ether oxygens (including phenoxy) is 1. The third kappa shape index (κ3) is 5.40. The number of nitrogens with one attached hydrogen (secondary N) is 1. The van der Waals surface area contributed by atoms with Gasteiger partial charge in [0.15, 0.2) is 5.82 Å². The Morgan fingerprint density at radius 2 is 1.81 bits per heavy atom. The molecule has 0 aliphatic heterocycles. The molecule has 0 atom stereocenters. The third-order valence-corrected chi connectivity index (χ3v) is 5.75. The summed E-state index contributed by atoms with van der Waals surface area (Å²) < 4.78 is 5.17. The number of hydrogen-bond acceptors (Lipinski definition) is 5. The Labute approximate surface area is 182 Å². The van der Waals surface area contributed by atoms with E-state index >= 15 is 0 Å². The molecule has 6 heteroatoms. The van der Waals surface area contributed by atoms with E-state index in [0.29, 0.717) is 11.7 Å². The summed E-state index contributed by atoms with van der Waals surface area (Å²) >= 11 is 0. The van der Waals surface area contributed by atoms with E-state index in [4.69, 9.17) is 9.72 Å². The number of methoxy groups -OCH3 is 1. The largest absolute Gasteiger partial charge is 0.508 e. The van der Waals surface area contributed by atoms with Gasteiger partial charge in [-0.15, -0.1) is 0 Å². The fourth-order valence-electron chi connectivity index (χ4n) is 4.04. The van der Waals surface area contributed by atoms with Crippen LogP contribution >= 0.6 is 0 Å². The van der Waals surface area contributed by atoms with Crippen LogP contribution in [0, 0.1) is 5.92 Å². The Kier molecular flexibility index (Phi) is 6.46. The van der Waals surface area contributed by atoms with Gasteiger partial charge >= 0.3 is 0 Å². The quantitative estimate of drug-likeness (QED) is 0.578. The standard InChI is InChI=1S/C25H27N3O3/c1-31-21-12-6-18(7-13-21)15-24(30)28-25-22(14-17-4-2-3-5-17)27-23(16-26-25)19-8-10-20(29)11-9-19/h6-13,16-17,29H,2-5,14-15H2,1H3,(H,26,28,30). The number of nitrogens with zero attached hydrogens (tertiary/aromatic N) is 2. The van der Waals surface area contributed by atoms with Crippen LogP contribution < -0.4 is 10.1 Å². The molecule has 0 unspecified atom stereocenters. The lowest BCUT2D eigenvalue weighted by Gasteiger charge is -2.14. The number of carbonyl (C=O) groups excluding carboxylic acids is 1. The topological polar surface area (TPSA) is 84.3 Å². The van der Waals surface area contributed by atoms with Crippen molar-refractivity contribution in [2.45, 2.75) is 38.5 Å². The van der Waals surface area contributed by atoms with Crippen LogP contribution in [-0.4, -0.2) is 28.1 Å². The molecule has 2 aromatic carbocycles. The molecule has 1 saturated carbocycles. The average Bonchev–Trinajstić information content (AvgIpc) is 3.29. The van der Waals surface area contributed by atoms with Crippen molar-refractivity contribution in [3.05, 3.63) is 66.0 Å². The van der Waals surface area contributed by atoms with Crippen LogP contribution in [0.4, 0.5) is 5.82 Å². The van der Waals surface area contributed by atoms with E-state index in [0.717, 1.165) is 34.7 Å². The van der Waals surface area contributed by atoms with Crippen LogP contribution in [-0.2, 0) is 17.6 Å². The Morgan fingerprint density at radius 3 is 2.48 bits per heavy atom. The van der Waals surface area contributed by atoms with E-state index in [1.807, 2.05) is 36.4 Å². The second kappa shape index (κ2) is 9.60. The number of anilines is 1. The molecule has 6 nitrogen and oxygen atoms in total. The van der Waals surface area contributed by atoms with Crippen molar-refractivity contribution < 1.29 is 14.6 Å². The summed E-state index contributed by atoms with van der Waals surface area (Å²) in [6.07, 6.45) is 7.59. The van der Waals surface area contributed by atoms with Crippen LogP contribution in [0.15, 0.2) is 54.7 Å². The second-order valence-corrected chi connectivity index (χ2v) is 8.03. The summed E-state index contributed by atoms with van der Waals surface area (Å²) in [5.74, 6) is 1.96. The molecule has 2 N–H and O–H groups in total. The second-order valence-electron chi connectivity index (χ2n) is 8.03. The smallest absolute Gasteiger partial charge is 0.229 e. The monoisotopic (exact) mass is 417 g/mol. The molecule has 4 rings (SSSR count). The molecule has 1 fully saturated rings. The molecule has 0 spiro atoms. The summed E-state index contributed by atoms with van der Waals surface area (Å²) in [4.78, 5) is 22.1. The molecular weight excluding hydrogens is 390 g/mol. The van der Waals surface area contributed by atoms with Crippen molar-refractivity contribution >= 4 is 11.7 Å². The van der Waals surface area contributed by atoms with Gasteiger partial charge in [-0.05, 0) is 54.3 Å². The van der Waals surface area contributed by atoms with E-state index in [2.05, 4.69) is 10.3 Å². The molecule has 1 aliphatic rings. The fourth-order valence-corrected chi connectivity index (χ4v) is 4.04. The number of aromatic hydroxyl groups is 1. The SMILES string of the molecule is COc1ccc(CC(=O)Nc2ncc(-c3ccc(O)cc3)nc2CC2CCCC2)cc1. The van der Waals surface area contributed by atoms with Crippen molar-refractivity contribution in [1.29, 1.82) is 0 Å². The number of phenols is 1. The first-order chi connectivity index (χ1) is 15.1. The third-order valence-electron chi connectivity index (χ3n) is 5.75. The maximum absolute atomic E-state index is 12.7. The summed E-state index contributed by atoms with van der Waals surface area (Å²) in [7, 11) is 1.62. The Morgan fingerprint density at radius 1 is 1.10 bits per heavy atom. The first-order valence-electron chi connectivity index (χ1n) is 10.7. The Hall–Kier alpha value is -3.41. The van der Waals surface area contributed by atoms with Crippen LogP contribution in [0.1, 0.15) is 36.9 Å². The highest BCUT2D eigenvalue weighted by Crippen LogP contribution is 2.30. The van der Waals surface area contributed by atoms with Gasteiger partial charge in [0.1, 0.15) is 11.5 Å². The van der Waals surface area contributed by atoms with E-state index in [1.165, 1.54) is 25.7 Å². The van der Waals surface area contributed by atoms with Crippen molar-refractivity contribution in [1.82, 2.24) is 9.97 Å². The molecule has 1 heterocycles. The normalized spacial score (nSPS) is 13.8. The first kappa shape index (κ1) is 20.8. The Bertz CT molecular complexity index is 1030. The highest BCUT2D eigenvalue weighted by Gasteiger charge is 2.20. The minimum absolute atomic E-state index is 0.121. The molecule has 3 aromatic rings. The maximum atomic E-state index is 12.7. The van der Waals surface area contributed by atoms with Crippen molar-refractivity contribution in [3.63, 3.8) is 0 Å². The number of phenolic OH excluding ortho intramolecular Hbond substituents is 1. The van der Waals surface area contributed by atoms with Gasteiger partial charge in [-0.3, -0.25) is 4.79 Å². The van der Waals surface area contributed by atoms with Crippen LogP contribution in [0.5, 0.6) is 11.5 Å². The highest BCUT2D eigenvalue weighted by molar-refractivity contribution is 5.92. The summed E-state index contributed by atoms with van der Waals surface area (Å²) in [6, 6.07) is 14.4. The van der Waals surface area contributed by atoms with E-state index < -0.39 is 0 Å². The van der Waals surface area contributed by atoms with Gasteiger partial charge in [-0.25, -0.2) is 9.97 Å². The molecule has 0 bridgehead atoms. The van der Waals surface area contributed by atoms with Gasteiger partial charge in [0.05, 0.1) is 31.1 Å². The summed E-state index contributed by atoms with van der Waals surface area (Å²) in [6.45, 7) is 0. The predicted octanol–water partition coefficient (Wildman–Crippen LogP) is 4.77. The Balaban J connectivity index is 1.54. The summed E-state index contributed by atoms with van der Waals surface area (Å²) in [5.41, 5.74) is 3.35. The average molecular weight is 418 g/mol. The number of aromatic nitrogens is 2. The van der Waals surface area contributed by atoms with Crippen LogP contribution in [0.2, 0.25) is 0 Å². The summed E-state index contributed by atoms with van der Waals surface area (Å²) in [5, 5.41) is 12.5. The number of rotatable bonds is 7. The highest BCUT2D eigenvalue weighted by atomic mass is 16.5. The molecule has 1 aliphatic carbocycles. The van der Waals surface area contributed by atoms with Gasteiger partial charge in [-0.2, -0.15) is 0 Å². The minimum Gasteiger partial charge on any atom is -0.508 e. The molecule has 1 amide bonds. The molecule has 0 radical (unpaired) electrons. The van der Waals surface area contributed by atoms with Gasteiger partial charge in [0.2, 0.25) is 5.91 Å². The van der Waals surface area contributed by atoms with Crippen molar-refractivity contribution in [2.24, 2.45) is 5.92 Å². The van der Waals surface area contributed by atoms with Crippen LogP contribution in [0.25, 0.3) is 11.3 Å². The lowest BCUT2D eigenvalue weighted by atomic mass is 10.0. The number of benzene rings is 2. The maximum Gasteiger partial charge on any atom is 0.229 e. The van der Waals surface area contributed by atoms with Crippen LogP contribution in [0.3, 0.4) is 0 Å². The molecular formula is C25H27N3O3. The molecule has 0 saturated heterocycles. The first-order valence-corrected chi connectivity index (χ1v) is 10.7. The number of carbonyl (C=O) groups is 1. The van der Waals surface area contributed by atoms with Gasteiger partial charge < -0.3 is 15.2 Å². The number of amides is 1. The number of hydrogen-bond donors (Lipinski definition) is 2. The molecule has 160 valence electrons. The fraction of sp³-hybridized carbons (Fsp3) is 0.320.